The van der Waals surface area contributed by atoms with Crippen LogP contribution in [0.1, 0.15) is 18.9 Å². The molecule has 4 rings (SSSR count). The third kappa shape index (κ3) is 4.51. The summed E-state index contributed by atoms with van der Waals surface area (Å²) in [6.45, 7) is 1.86. The van der Waals surface area contributed by atoms with Gasteiger partial charge in [-0.05, 0) is 56.7 Å². The number of aromatic nitrogens is 1. The molecule has 1 heterocycles. The first-order valence-electron chi connectivity index (χ1n) is 9.85. The Morgan fingerprint density at radius 1 is 1.13 bits per heavy atom. The van der Waals surface area contributed by atoms with Crippen molar-refractivity contribution in [2.45, 2.75) is 19.4 Å². The Bertz CT molecular complexity index is 1350. The highest BCUT2D eigenvalue weighted by atomic mass is 79.9. The highest BCUT2D eigenvalue weighted by Crippen LogP contribution is 2.33. The maximum atomic E-state index is 12.6. The molecule has 0 bridgehead atoms. The minimum absolute atomic E-state index is 0.278. The van der Waals surface area contributed by atoms with Gasteiger partial charge >= 0.3 is 0 Å². The van der Waals surface area contributed by atoms with Crippen LogP contribution in [0, 0.1) is 0 Å². The van der Waals surface area contributed by atoms with Gasteiger partial charge < -0.3 is 9.72 Å². The number of rotatable bonds is 6. The van der Waals surface area contributed by atoms with E-state index in [9.17, 15) is 9.59 Å². The SMILES string of the molecule is CCC(Oc1ccc2ccccc2c1Br)C(=O)NN=Cc1cc2ccccc2[nH]c1=O. The Morgan fingerprint density at radius 3 is 2.68 bits per heavy atom. The van der Waals surface area contributed by atoms with Crippen LogP contribution in [0.4, 0.5) is 0 Å². The number of ether oxygens (including phenoxy) is 1. The van der Waals surface area contributed by atoms with Gasteiger partial charge in [-0.15, -0.1) is 0 Å². The van der Waals surface area contributed by atoms with E-state index in [-0.39, 0.29) is 5.56 Å². The van der Waals surface area contributed by atoms with Gasteiger partial charge in [-0.25, -0.2) is 5.43 Å². The van der Waals surface area contributed by atoms with Crippen LogP contribution in [0.5, 0.6) is 5.75 Å². The van der Waals surface area contributed by atoms with Crippen LogP contribution in [0.2, 0.25) is 0 Å². The van der Waals surface area contributed by atoms with E-state index in [0.29, 0.717) is 17.7 Å². The average Bonchev–Trinajstić information content (AvgIpc) is 2.79. The van der Waals surface area contributed by atoms with Gasteiger partial charge in [0.2, 0.25) is 0 Å². The standard InChI is InChI=1S/C24H20BrN3O3/c1-2-20(31-21-12-11-15-7-3-5-9-18(15)22(21)25)24(30)28-26-14-17-13-16-8-4-6-10-19(16)27-23(17)29/h3-14,20H,2H2,1H3,(H,27,29)(H,28,30). The Labute approximate surface area is 187 Å². The molecule has 0 saturated heterocycles. The van der Waals surface area contributed by atoms with E-state index in [2.05, 4.69) is 31.4 Å². The van der Waals surface area contributed by atoms with E-state index in [4.69, 9.17) is 4.74 Å². The molecule has 31 heavy (non-hydrogen) atoms. The molecule has 0 radical (unpaired) electrons. The number of nitrogens with zero attached hydrogens (tertiary/aromatic N) is 1. The first-order chi connectivity index (χ1) is 15.1. The molecular formula is C24H20BrN3O3. The van der Waals surface area contributed by atoms with Crippen LogP contribution in [-0.2, 0) is 4.79 Å². The predicted molar refractivity (Wildman–Crippen MR) is 127 cm³/mol. The van der Waals surface area contributed by atoms with E-state index >= 15 is 0 Å². The molecule has 0 aliphatic rings. The molecule has 0 spiro atoms. The first kappa shape index (κ1) is 20.8. The van der Waals surface area contributed by atoms with Crippen molar-refractivity contribution in [2.75, 3.05) is 0 Å². The van der Waals surface area contributed by atoms with Gasteiger partial charge in [0.1, 0.15) is 5.75 Å². The monoisotopic (exact) mass is 477 g/mol. The molecule has 0 aliphatic heterocycles. The smallest absolute Gasteiger partial charge is 0.281 e. The van der Waals surface area contributed by atoms with Gasteiger partial charge in [-0.3, -0.25) is 9.59 Å². The topological polar surface area (TPSA) is 83.5 Å². The Hall–Kier alpha value is -3.45. The number of benzene rings is 3. The maximum Gasteiger partial charge on any atom is 0.281 e. The zero-order chi connectivity index (χ0) is 21.8. The molecule has 1 amide bonds. The third-order valence-corrected chi connectivity index (χ3v) is 5.74. The summed E-state index contributed by atoms with van der Waals surface area (Å²) in [7, 11) is 0. The van der Waals surface area contributed by atoms with Crippen LogP contribution >= 0.6 is 15.9 Å². The Kier molecular flexibility index (Phi) is 6.13. The summed E-state index contributed by atoms with van der Waals surface area (Å²) in [6.07, 6.45) is 1.06. The maximum absolute atomic E-state index is 12.6. The van der Waals surface area contributed by atoms with Crippen molar-refractivity contribution in [3.8, 4) is 5.75 Å². The van der Waals surface area contributed by atoms with E-state index in [1.165, 1.54) is 6.21 Å². The lowest BCUT2D eigenvalue weighted by Gasteiger charge is -2.17. The number of fused-ring (bicyclic) bond motifs is 2. The molecule has 1 unspecified atom stereocenters. The van der Waals surface area contributed by atoms with E-state index in [0.717, 1.165) is 26.1 Å². The predicted octanol–water partition coefficient (Wildman–Crippen LogP) is 4.75. The average molecular weight is 478 g/mol. The lowest BCUT2D eigenvalue weighted by atomic mass is 10.1. The van der Waals surface area contributed by atoms with Crippen molar-refractivity contribution in [1.29, 1.82) is 0 Å². The van der Waals surface area contributed by atoms with Crippen LogP contribution in [0.25, 0.3) is 21.7 Å². The van der Waals surface area contributed by atoms with Gasteiger partial charge in [-0.1, -0.05) is 55.5 Å². The minimum atomic E-state index is -0.732. The van der Waals surface area contributed by atoms with E-state index in [1.54, 1.807) is 6.07 Å². The minimum Gasteiger partial charge on any atom is -0.479 e. The summed E-state index contributed by atoms with van der Waals surface area (Å²) < 4.78 is 6.74. The number of aromatic amines is 1. The molecule has 3 aromatic carbocycles. The van der Waals surface area contributed by atoms with Crippen molar-refractivity contribution >= 4 is 49.7 Å². The Morgan fingerprint density at radius 2 is 1.87 bits per heavy atom. The number of amides is 1. The summed E-state index contributed by atoms with van der Waals surface area (Å²) in [5.74, 6) is 0.187. The molecule has 7 heteroatoms. The fourth-order valence-electron chi connectivity index (χ4n) is 3.28. The lowest BCUT2D eigenvalue weighted by Crippen LogP contribution is -2.35. The van der Waals surface area contributed by atoms with Crippen LogP contribution in [0.15, 0.2) is 81.1 Å². The number of pyridine rings is 1. The fraction of sp³-hybridized carbons (Fsp3) is 0.125. The van der Waals surface area contributed by atoms with E-state index < -0.39 is 12.0 Å². The highest BCUT2D eigenvalue weighted by molar-refractivity contribution is 9.10. The lowest BCUT2D eigenvalue weighted by molar-refractivity contribution is -0.128. The number of halogens is 1. The molecule has 0 fully saturated rings. The summed E-state index contributed by atoms with van der Waals surface area (Å²) in [5, 5.41) is 6.91. The van der Waals surface area contributed by atoms with Crippen LogP contribution in [0.3, 0.4) is 0 Å². The molecule has 0 saturated carbocycles. The molecule has 6 nitrogen and oxygen atoms in total. The second-order valence-corrected chi connectivity index (χ2v) is 7.78. The van der Waals surface area contributed by atoms with Crippen molar-refractivity contribution in [3.63, 3.8) is 0 Å². The summed E-state index contributed by atoms with van der Waals surface area (Å²) in [4.78, 5) is 27.6. The van der Waals surface area contributed by atoms with Gasteiger partial charge in [0, 0.05) is 5.52 Å². The van der Waals surface area contributed by atoms with Crippen molar-refractivity contribution in [3.05, 3.63) is 87.1 Å². The zero-order valence-electron chi connectivity index (χ0n) is 16.8. The van der Waals surface area contributed by atoms with Gasteiger partial charge in [0.25, 0.3) is 11.5 Å². The number of H-pyrrole nitrogens is 1. The summed E-state index contributed by atoms with van der Waals surface area (Å²) >= 11 is 3.58. The first-order valence-corrected chi connectivity index (χ1v) is 10.6. The number of nitrogens with one attached hydrogen (secondary N) is 2. The molecule has 4 aromatic rings. The number of hydrogen-bond acceptors (Lipinski definition) is 4. The number of hydrazone groups is 1. The van der Waals surface area contributed by atoms with Crippen LogP contribution < -0.4 is 15.7 Å². The second-order valence-electron chi connectivity index (χ2n) is 6.99. The van der Waals surface area contributed by atoms with Crippen molar-refractivity contribution < 1.29 is 9.53 Å². The van der Waals surface area contributed by atoms with Crippen LogP contribution in [-0.4, -0.2) is 23.2 Å². The van der Waals surface area contributed by atoms with Gasteiger partial charge in [0.05, 0.1) is 16.3 Å². The summed E-state index contributed by atoms with van der Waals surface area (Å²) in [5.41, 5.74) is 3.29. The normalized spacial score (nSPS) is 12.3. The molecule has 156 valence electrons. The second kappa shape index (κ2) is 9.14. The van der Waals surface area contributed by atoms with Gasteiger partial charge in [-0.2, -0.15) is 5.10 Å². The molecule has 1 atom stereocenters. The molecule has 0 aliphatic carbocycles. The third-order valence-electron chi connectivity index (χ3n) is 4.92. The number of hydrogen-bond donors (Lipinski definition) is 2. The fourth-order valence-corrected chi connectivity index (χ4v) is 3.86. The molecule has 1 aromatic heterocycles. The number of carbonyl (C=O) groups is 1. The molecule has 2 N–H and O–H groups in total. The van der Waals surface area contributed by atoms with Gasteiger partial charge in [0.15, 0.2) is 6.10 Å². The van der Waals surface area contributed by atoms with Crippen molar-refractivity contribution in [1.82, 2.24) is 10.4 Å². The molecular weight excluding hydrogens is 458 g/mol. The summed E-state index contributed by atoms with van der Waals surface area (Å²) in [6, 6.07) is 20.9. The highest BCUT2D eigenvalue weighted by Gasteiger charge is 2.19. The largest absolute Gasteiger partial charge is 0.479 e. The number of para-hydroxylation sites is 1. The van der Waals surface area contributed by atoms with Crippen molar-refractivity contribution in [2.24, 2.45) is 5.10 Å². The quantitative estimate of drug-likeness (QED) is 0.310. The number of carbonyl (C=O) groups excluding carboxylic acids is 1. The Balaban J connectivity index is 1.48. The zero-order valence-corrected chi connectivity index (χ0v) is 18.3. The van der Waals surface area contributed by atoms with E-state index in [1.807, 2.05) is 67.6 Å².